The fourth-order valence-corrected chi connectivity index (χ4v) is 7.92. The molecule has 0 N–H and O–H groups in total. The summed E-state index contributed by atoms with van der Waals surface area (Å²) in [6.45, 7) is 0. The molecule has 0 amide bonds. The summed E-state index contributed by atoms with van der Waals surface area (Å²) in [7, 11) is 0. The van der Waals surface area contributed by atoms with E-state index in [0.29, 0.717) is 0 Å². The maximum atomic E-state index is 2.44. The maximum absolute atomic E-state index is 2.44. The minimum absolute atomic E-state index is 1.10. The molecule has 10 rings (SSSR count). The highest BCUT2D eigenvalue weighted by atomic mass is 15.1. The highest BCUT2D eigenvalue weighted by Crippen LogP contribution is 2.42. The molecule has 52 heavy (non-hydrogen) atoms. The van der Waals surface area contributed by atoms with Crippen molar-refractivity contribution in [1.82, 2.24) is 4.57 Å². The Balaban J connectivity index is 1.17. The van der Waals surface area contributed by atoms with Crippen molar-refractivity contribution >= 4 is 60.4 Å². The van der Waals surface area contributed by atoms with Crippen molar-refractivity contribution in [2.45, 2.75) is 0 Å². The number of benzene rings is 9. The Morgan fingerprint density at radius 2 is 0.904 bits per heavy atom. The van der Waals surface area contributed by atoms with Crippen LogP contribution < -0.4 is 4.90 Å². The van der Waals surface area contributed by atoms with E-state index in [2.05, 4.69) is 216 Å². The normalized spacial score (nSPS) is 11.5. The van der Waals surface area contributed by atoms with Gasteiger partial charge in [0.25, 0.3) is 0 Å². The van der Waals surface area contributed by atoms with Crippen LogP contribution in [0.4, 0.5) is 17.1 Å². The lowest BCUT2D eigenvalue weighted by Gasteiger charge is -2.26. The molecule has 0 aliphatic rings. The van der Waals surface area contributed by atoms with E-state index < -0.39 is 0 Å². The van der Waals surface area contributed by atoms with Gasteiger partial charge in [0.1, 0.15) is 0 Å². The first kappa shape index (κ1) is 30.0. The maximum Gasteiger partial charge on any atom is 0.0562 e. The summed E-state index contributed by atoms with van der Waals surface area (Å²) >= 11 is 0. The molecule has 0 saturated carbocycles. The van der Waals surface area contributed by atoms with Gasteiger partial charge in [-0.25, -0.2) is 0 Å². The standard InChI is InChI=1S/C50H34N2/c1-3-12-35(13-4-1)36-22-27-41(28-23-36)51(40-17-5-2-6-18-40)43-31-32-47-49(34-43)52(48-33-26-38-15-8-10-20-46(38)50(47)48)42-29-24-39(25-30-42)45-21-11-16-37-14-7-9-19-44(37)45/h1-34H. The number of hydrogen-bond donors (Lipinski definition) is 0. The van der Waals surface area contributed by atoms with Gasteiger partial charge in [-0.05, 0) is 98.4 Å². The highest BCUT2D eigenvalue weighted by molar-refractivity contribution is 6.21. The minimum Gasteiger partial charge on any atom is -0.310 e. The summed E-state index contributed by atoms with van der Waals surface area (Å²) < 4.78 is 2.44. The van der Waals surface area contributed by atoms with E-state index >= 15 is 0 Å². The van der Waals surface area contributed by atoms with E-state index in [1.54, 1.807) is 0 Å². The second-order valence-corrected chi connectivity index (χ2v) is 13.4. The molecule has 10 aromatic rings. The SMILES string of the molecule is c1ccc(-c2ccc(N(c3ccccc3)c3ccc4c5c6ccccc6ccc5n(-c5ccc(-c6cccc7ccccc67)cc5)c4c3)cc2)cc1. The van der Waals surface area contributed by atoms with Crippen molar-refractivity contribution < 1.29 is 0 Å². The average Bonchev–Trinajstić information content (AvgIpc) is 3.56. The molecule has 1 aromatic heterocycles. The third-order valence-corrected chi connectivity index (χ3v) is 10.4. The monoisotopic (exact) mass is 662 g/mol. The Morgan fingerprint density at radius 1 is 0.327 bits per heavy atom. The number of aromatic nitrogens is 1. The van der Waals surface area contributed by atoms with Crippen molar-refractivity contribution in [3.05, 3.63) is 206 Å². The van der Waals surface area contributed by atoms with E-state index in [0.717, 1.165) is 22.7 Å². The average molecular weight is 663 g/mol. The third-order valence-electron chi connectivity index (χ3n) is 10.4. The molecule has 9 aromatic carbocycles. The molecule has 0 aliphatic carbocycles. The first-order valence-corrected chi connectivity index (χ1v) is 17.9. The molecule has 0 fully saturated rings. The van der Waals surface area contributed by atoms with Crippen LogP contribution >= 0.6 is 0 Å². The molecule has 0 radical (unpaired) electrons. The van der Waals surface area contributed by atoms with Gasteiger partial charge >= 0.3 is 0 Å². The number of nitrogens with zero attached hydrogens (tertiary/aromatic N) is 2. The molecule has 244 valence electrons. The van der Waals surface area contributed by atoms with Gasteiger partial charge in [0.05, 0.1) is 11.0 Å². The van der Waals surface area contributed by atoms with Crippen molar-refractivity contribution in [3.63, 3.8) is 0 Å². The van der Waals surface area contributed by atoms with Crippen LogP contribution in [-0.2, 0) is 0 Å². The molecule has 0 saturated heterocycles. The van der Waals surface area contributed by atoms with E-state index in [9.17, 15) is 0 Å². The number of hydrogen-bond acceptors (Lipinski definition) is 1. The number of para-hydroxylation sites is 1. The van der Waals surface area contributed by atoms with E-state index in [1.165, 1.54) is 65.6 Å². The second-order valence-electron chi connectivity index (χ2n) is 13.4. The van der Waals surface area contributed by atoms with Gasteiger partial charge < -0.3 is 9.47 Å². The Hall–Kier alpha value is -6.90. The predicted molar refractivity (Wildman–Crippen MR) is 221 cm³/mol. The number of rotatable bonds is 6. The van der Waals surface area contributed by atoms with Crippen LogP contribution in [0.15, 0.2) is 206 Å². The third kappa shape index (κ3) is 5.04. The summed E-state index contributed by atoms with van der Waals surface area (Å²) in [6.07, 6.45) is 0. The zero-order chi connectivity index (χ0) is 34.4. The lowest BCUT2D eigenvalue weighted by molar-refractivity contribution is 1.18. The highest BCUT2D eigenvalue weighted by Gasteiger charge is 2.19. The summed E-state index contributed by atoms with van der Waals surface area (Å²) in [6, 6.07) is 74.6. The Bertz CT molecular complexity index is 2860. The summed E-state index contributed by atoms with van der Waals surface area (Å²) in [4.78, 5) is 2.36. The second kappa shape index (κ2) is 12.5. The van der Waals surface area contributed by atoms with Crippen molar-refractivity contribution in [3.8, 4) is 27.9 Å². The molecule has 0 aliphatic heterocycles. The van der Waals surface area contributed by atoms with E-state index in [1.807, 2.05) is 0 Å². The molecule has 1 heterocycles. The van der Waals surface area contributed by atoms with Gasteiger partial charge in [-0.15, -0.1) is 0 Å². The number of fused-ring (bicyclic) bond motifs is 6. The topological polar surface area (TPSA) is 8.17 Å². The molecule has 0 spiro atoms. The van der Waals surface area contributed by atoms with Crippen LogP contribution in [0.25, 0.3) is 71.3 Å². The molecule has 2 heteroatoms. The summed E-state index contributed by atoms with van der Waals surface area (Å²) in [5.74, 6) is 0. The molecule has 0 unspecified atom stereocenters. The van der Waals surface area contributed by atoms with Crippen molar-refractivity contribution in [1.29, 1.82) is 0 Å². The molecule has 0 bridgehead atoms. The molecule has 0 atom stereocenters. The first-order chi connectivity index (χ1) is 25.8. The van der Waals surface area contributed by atoms with Crippen LogP contribution in [0.3, 0.4) is 0 Å². The van der Waals surface area contributed by atoms with Crippen molar-refractivity contribution in [2.75, 3.05) is 4.90 Å². The Labute approximate surface area is 303 Å². The zero-order valence-electron chi connectivity index (χ0n) is 28.5. The van der Waals surface area contributed by atoms with Crippen molar-refractivity contribution in [2.24, 2.45) is 0 Å². The van der Waals surface area contributed by atoms with Crippen LogP contribution in [0.5, 0.6) is 0 Å². The molecule has 2 nitrogen and oxygen atoms in total. The van der Waals surface area contributed by atoms with E-state index in [-0.39, 0.29) is 0 Å². The van der Waals surface area contributed by atoms with Gasteiger partial charge in [0.2, 0.25) is 0 Å². The lowest BCUT2D eigenvalue weighted by Crippen LogP contribution is -2.10. The fourth-order valence-electron chi connectivity index (χ4n) is 7.92. The predicted octanol–water partition coefficient (Wildman–Crippen LogP) is 13.9. The van der Waals surface area contributed by atoms with Crippen LogP contribution in [-0.4, -0.2) is 4.57 Å². The first-order valence-electron chi connectivity index (χ1n) is 17.9. The summed E-state index contributed by atoms with van der Waals surface area (Å²) in [5, 5.41) is 7.54. The van der Waals surface area contributed by atoms with Crippen LogP contribution in [0.2, 0.25) is 0 Å². The number of anilines is 3. The summed E-state index contributed by atoms with van der Waals surface area (Å²) in [5.41, 5.74) is 11.7. The molecular weight excluding hydrogens is 629 g/mol. The molecular formula is C50H34N2. The van der Waals surface area contributed by atoms with Gasteiger partial charge in [0.15, 0.2) is 0 Å². The van der Waals surface area contributed by atoms with E-state index in [4.69, 9.17) is 0 Å². The quantitative estimate of drug-likeness (QED) is 0.172. The van der Waals surface area contributed by atoms with Gasteiger partial charge in [0, 0.05) is 33.5 Å². The van der Waals surface area contributed by atoms with Crippen LogP contribution in [0, 0.1) is 0 Å². The zero-order valence-corrected chi connectivity index (χ0v) is 28.5. The van der Waals surface area contributed by atoms with Gasteiger partial charge in [-0.3, -0.25) is 0 Å². The van der Waals surface area contributed by atoms with Gasteiger partial charge in [-0.2, -0.15) is 0 Å². The lowest BCUT2D eigenvalue weighted by atomic mass is 9.98. The minimum atomic E-state index is 1.10. The Morgan fingerprint density at radius 3 is 1.67 bits per heavy atom. The van der Waals surface area contributed by atoms with Gasteiger partial charge in [-0.1, -0.05) is 152 Å². The fraction of sp³-hybridized carbons (Fsp3) is 0. The smallest absolute Gasteiger partial charge is 0.0562 e. The largest absolute Gasteiger partial charge is 0.310 e. The van der Waals surface area contributed by atoms with Crippen LogP contribution in [0.1, 0.15) is 0 Å². The Kier molecular flexibility index (Phi) is 7.18.